The van der Waals surface area contributed by atoms with Crippen LogP contribution in [-0.2, 0) is 6.42 Å². The molecule has 3 rings (SSSR count). The Morgan fingerprint density at radius 2 is 1.64 bits per heavy atom. The van der Waals surface area contributed by atoms with Gasteiger partial charge in [-0.25, -0.2) is 0 Å². The summed E-state index contributed by atoms with van der Waals surface area (Å²) in [5.74, 6) is -0.906. The summed E-state index contributed by atoms with van der Waals surface area (Å²) in [7, 11) is 0. The van der Waals surface area contributed by atoms with Gasteiger partial charge in [0.1, 0.15) is 11.9 Å². The van der Waals surface area contributed by atoms with Gasteiger partial charge in [-0.05, 0) is 25.8 Å². The number of benzene rings is 1. The van der Waals surface area contributed by atoms with Gasteiger partial charge in [0.25, 0.3) is 0 Å². The third kappa shape index (κ3) is 2.37. The molecule has 0 atom stereocenters. The number of nitrogens with zero attached hydrogens (tertiary/aromatic N) is 2. The summed E-state index contributed by atoms with van der Waals surface area (Å²) in [6.45, 7) is 3.20. The Hall–Kier alpha value is -2.34. The highest BCUT2D eigenvalue weighted by Gasteiger charge is 2.77. The molecule has 2 N–H and O–H groups in total. The minimum absolute atomic E-state index is 0.115. The quantitative estimate of drug-likeness (QED) is 0.596. The molecule has 0 aliphatic carbocycles. The Balaban J connectivity index is 2.55. The van der Waals surface area contributed by atoms with Gasteiger partial charge < -0.3 is 10.6 Å². The Labute approximate surface area is 161 Å². The smallest absolute Gasteiger partial charge is 0.384 e. The highest BCUT2D eigenvalue weighted by molar-refractivity contribution is 6.34. The van der Waals surface area contributed by atoms with Crippen molar-refractivity contribution in [1.82, 2.24) is 4.90 Å². The summed E-state index contributed by atoms with van der Waals surface area (Å²) in [6, 6.07) is 7.14. The molecule has 0 unspecified atom stereocenters. The average molecular weight is 422 g/mol. The Bertz CT molecular complexity index is 935. The highest BCUT2D eigenvalue weighted by atomic mass is 35.5. The van der Waals surface area contributed by atoms with E-state index in [9.17, 15) is 31.6 Å². The summed E-state index contributed by atoms with van der Waals surface area (Å²) in [6.07, 6.45) is -11.6. The molecule has 2 heterocycles. The Morgan fingerprint density at radius 3 is 2.14 bits per heavy atom. The number of hydrogen-bond donors (Lipinski definition) is 1. The summed E-state index contributed by atoms with van der Waals surface area (Å²) in [4.78, 5) is 1.10. The molecule has 1 aromatic rings. The molecule has 2 aliphatic rings. The van der Waals surface area contributed by atoms with E-state index in [2.05, 4.69) is 0 Å². The van der Waals surface area contributed by atoms with Gasteiger partial charge in [-0.1, -0.05) is 35.9 Å². The van der Waals surface area contributed by atoms with Crippen molar-refractivity contribution in [1.29, 1.82) is 5.26 Å². The van der Waals surface area contributed by atoms with Crippen LogP contribution in [0.3, 0.4) is 0 Å². The largest absolute Gasteiger partial charge is 0.413 e. The van der Waals surface area contributed by atoms with E-state index in [1.165, 1.54) is 12.1 Å². The maximum atomic E-state index is 14.0. The normalized spacial score (nSPS) is 21.2. The standard InChI is InChI=1S/C18H14ClF6N3/c1-15(2)7-9-5-3-4-6-10(9)12-13(19)16(17(20,21)22,18(23,24)25)11(8-26)14(27)28(12)15/h3-6H,7,27H2,1-2H3. The molecule has 0 amide bonds. The van der Waals surface area contributed by atoms with Crippen LogP contribution in [0, 0.1) is 16.7 Å². The van der Waals surface area contributed by atoms with Gasteiger partial charge >= 0.3 is 12.4 Å². The fourth-order valence-electron chi connectivity index (χ4n) is 3.96. The summed E-state index contributed by atoms with van der Waals surface area (Å²) in [5.41, 5.74) is -1.43. The molecule has 0 aromatic heterocycles. The molecule has 0 radical (unpaired) electrons. The maximum absolute atomic E-state index is 14.0. The van der Waals surface area contributed by atoms with Crippen LogP contribution in [0.25, 0.3) is 5.70 Å². The van der Waals surface area contributed by atoms with E-state index in [1.54, 1.807) is 26.0 Å². The first-order valence-corrected chi connectivity index (χ1v) is 8.42. The zero-order chi connectivity index (χ0) is 21.3. The number of hydrogen-bond acceptors (Lipinski definition) is 3. The van der Waals surface area contributed by atoms with E-state index < -0.39 is 45.4 Å². The molecular weight excluding hydrogens is 408 g/mol. The van der Waals surface area contributed by atoms with Crippen molar-refractivity contribution >= 4 is 17.3 Å². The number of allylic oxidation sites excluding steroid dienone is 2. The van der Waals surface area contributed by atoms with E-state index in [4.69, 9.17) is 17.3 Å². The third-order valence-corrected chi connectivity index (χ3v) is 5.56. The minimum Gasteiger partial charge on any atom is -0.384 e. The van der Waals surface area contributed by atoms with Crippen LogP contribution >= 0.6 is 11.6 Å². The van der Waals surface area contributed by atoms with Gasteiger partial charge in [-0.3, -0.25) is 0 Å². The molecule has 2 aliphatic heterocycles. The monoisotopic (exact) mass is 421 g/mol. The molecule has 10 heteroatoms. The van der Waals surface area contributed by atoms with Crippen LogP contribution in [0.4, 0.5) is 26.3 Å². The van der Waals surface area contributed by atoms with Crippen LogP contribution < -0.4 is 5.73 Å². The Morgan fingerprint density at radius 1 is 1.11 bits per heavy atom. The van der Waals surface area contributed by atoms with Crippen LogP contribution in [0.15, 0.2) is 40.7 Å². The zero-order valence-electron chi connectivity index (χ0n) is 14.6. The lowest BCUT2D eigenvalue weighted by atomic mass is 9.71. The first-order chi connectivity index (χ1) is 12.7. The van der Waals surface area contributed by atoms with Gasteiger partial charge in [0.15, 0.2) is 0 Å². The van der Waals surface area contributed by atoms with Gasteiger partial charge in [-0.15, -0.1) is 0 Å². The first kappa shape index (κ1) is 20.4. The van der Waals surface area contributed by atoms with Crippen LogP contribution in [0.5, 0.6) is 0 Å². The van der Waals surface area contributed by atoms with E-state index in [0.717, 1.165) is 11.0 Å². The molecule has 150 valence electrons. The van der Waals surface area contributed by atoms with E-state index in [1.807, 2.05) is 0 Å². The average Bonchev–Trinajstić information content (AvgIpc) is 2.53. The predicted molar refractivity (Wildman–Crippen MR) is 90.2 cm³/mol. The van der Waals surface area contributed by atoms with Gasteiger partial charge in [0, 0.05) is 11.1 Å². The van der Waals surface area contributed by atoms with Crippen LogP contribution in [-0.4, -0.2) is 22.8 Å². The fraction of sp³-hybridized carbons (Fsp3) is 0.389. The van der Waals surface area contributed by atoms with Crippen molar-refractivity contribution in [2.24, 2.45) is 11.1 Å². The number of rotatable bonds is 0. The summed E-state index contributed by atoms with van der Waals surface area (Å²) >= 11 is 5.93. The van der Waals surface area contributed by atoms with Gasteiger partial charge in [0.05, 0.1) is 16.3 Å². The number of halogens is 7. The first-order valence-electron chi connectivity index (χ1n) is 8.04. The molecule has 28 heavy (non-hydrogen) atoms. The van der Waals surface area contributed by atoms with Crippen molar-refractivity contribution in [2.45, 2.75) is 38.2 Å². The molecule has 0 saturated carbocycles. The maximum Gasteiger partial charge on any atom is 0.413 e. The highest BCUT2D eigenvalue weighted by Crippen LogP contribution is 2.65. The molecule has 0 bridgehead atoms. The molecule has 0 spiro atoms. The van der Waals surface area contributed by atoms with Crippen LogP contribution in [0.2, 0.25) is 0 Å². The molecular formula is C18H14ClF6N3. The number of fused-ring (bicyclic) bond motifs is 3. The fourth-order valence-corrected chi connectivity index (χ4v) is 4.46. The zero-order valence-corrected chi connectivity index (χ0v) is 15.4. The molecule has 1 aromatic carbocycles. The lowest BCUT2D eigenvalue weighted by Crippen LogP contribution is -2.59. The summed E-state index contributed by atoms with van der Waals surface area (Å²) < 4.78 is 83.9. The Kier molecular flexibility index (Phi) is 4.25. The lowest BCUT2D eigenvalue weighted by Gasteiger charge is -2.52. The van der Waals surface area contributed by atoms with Crippen molar-refractivity contribution in [3.05, 3.63) is 51.8 Å². The lowest BCUT2D eigenvalue weighted by molar-refractivity contribution is -0.308. The van der Waals surface area contributed by atoms with Crippen molar-refractivity contribution in [3.63, 3.8) is 0 Å². The second-order valence-corrected chi connectivity index (χ2v) is 7.64. The molecule has 3 nitrogen and oxygen atoms in total. The third-order valence-electron chi connectivity index (χ3n) is 5.10. The molecule has 0 fully saturated rings. The second-order valence-electron chi connectivity index (χ2n) is 7.26. The second kappa shape index (κ2) is 5.83. The van der Waals surface area contributed by atoms with Crippen LogP contribution in [0.1, 0.15) is 25.0 Å². The van der Waals surface area contributed by atoms with Gasteiger partial charge in [-0.2, -0.15) is 31.6 Å². The number of nitriles is 1. The van der Waals surface area contributed by atoms with Gasteiger partial charge in [0.2, 0.25) is 5.41 Å². The minimum atomic E-state index is -5.94. The van der Waals surface area contributed by atoms with E-state index in [0.29, 0.717) is 5.56 Å². The topological polar surface area (TPSA) is 53.1 Å². The van der Waals surface area contributed by atoms with Crippen molar-refractivity contribution < 1.29 is 26.3 Å². The summed E-state index contributed by atoms with van der Waals surface area (Å²) in [5, 5.41) is 7.77. The number of alkyl halides is 6. The number of nitrogens with two attached hydrogens (primary N) is 1. The van der Waals surface area contributed by atoms with E-state index in [-0.39, 0.29) is 12.0 Å². The van der Waals surface area contributed by atoms with E-state index >= 15 is 0 Å². The van der Waals surface area contributed by atoms with Crippen molar-refractivity contribution in [3.8, 4) is 6.07 Å². The molecule has 0 saturated heterocycles. The SMILES string of the molecule is CC1(C)Cc2ccccc2C2=C(Cl)C(C(F)(F)F)(C(F)(F)F)C(C#N)=C(N)N21. The van der Waals surface area contributed by atoms with Crippen molar-refractivity contribution in [2.75, 3.05) is 0 Å². The predicted octanol–water partition coefficient (Wildman–Crippen LogP) is 5.05.